The zero-order valence-electron chi connectivity index (χ0n) is 17.3. The minimum atomic E-state index is -1.11. The van der Waals surface area contributed by atoms with Crippen molar-refractivity contribution in [3.63, 3.8) is 0 Å². The van der Waals surface area contributed by atoms with Gasteiger partial charge in [-0.1, -0.05) is 16.8 Å². The quantitative estimate of drug-likeness (QED) is 0.193. The van der Waals surface area contributed by atoms with E-state index in [2.05, 4.69) is 5.16 Å². The van der Waals surface area contributed by atoms with Gasteiger partial charge in [0, 0.05) is 23.8 Å². The number of anilines is 1. The molecule has 1 aromatic heterocycles. The number of aliphatic hydroxyl groups excluding tert-OH is 1. The SMILES string of the molecule is COc1ccc(/C(O)=C2\C(=O)C(=O)N(c3cc(C)on3)[C@H]2c2ccc([N+](=O)[O-])cc2)cc1Cl. The van der Waals surface area contributed by atoms with Gasteiger partial charge >= 0.3 is 5.91 Å². The number of hydrogen-bond acceptors (Lipinski definition) is 8. The number of Topliss-reactive ketones (excluding diaryl/α,β-unsaturated/α-hetero) is 1. The van der Waals surface area contributed by atoms with E-state index in [0.29, 0.717) is 17.1 Å². The van der Waals surface area contributed by atoms with Gasteiger partial charge in [-0.25, -0.2) is 0 Å². The van der Waals surface area contributed by atoms with Crippen LogP contribution in [-0.4, -0.2) is 34.0 Å². The average molecular weight is 470 g/mol. The van der Waals surface area contributed by atoms with Crippen LogP contribution in [0, 0.1) is 17.0 Å². The van der Waals surface area contributed by atoms with E-state index in [1.165, 1.54) is 55.6 Å². The van der Waals surface area contributed by atoms with Crippen LogP contribution >= 0.6 is 11.6 Å². The van der Waals surface area contributed by atoms with E-state index >= 15 is 0 Å². The van der Waals surface area contributed by atoms with Crippen molar-refractivity contribution in [1.82, 2.24) is 5.16 Å². The molecule has 1 aliphatic heterocycles. The zero-order valence-corrected chi connectivity index (χ0v) is 18.1. The maximum Gasteiger partial charge on any atom is 0.301 e. The Morgan fingerprint density at radius 1 is 1.21 bits per heavy atom. The smallest absolute Gasteiger partial charge is 0.301 e. The van der Waals surface area contributed by atoms with Crippen molar-refractivity contribution in [3.8, 4) is 5.75 Å². The fraction of sp³-hybridized carbons (Fsp3) is 0.136. The Morgan fingerprint density at radius 2 is 1.91 bits per heavy atom. The maximum atomic E-state index is 13.0. The molecule has 11 heteroatoms. The van der Waals surface area contributed by atoms with Crippen molar-refractivity contribution in [3.05, 3.63) is 86.1 Å². The molecule has 2 heterocycles. The highest BCUT2D eigenvalue weighted by molar-refractivity contribution is 6.51. The number of halogens is 1. The number of nitrogens with zero attached hydrogens (tertiary/aromatic N) is 3. The van der Waals surface area contributed by atoms with Crippen LogP contribution < -0.4 is 9.64 Å². The third kappa shape index (κ3) is 3.80. The van der Waals surface area contributed by atoms with E-state index in [0.717, 1.165) is 4.90 Å². The van der Waals surface area contributed by atoms with Crippen molar-refractivity contribution in [1.29, 1.82) is 0 Å². The van der Waals surface area contributed by atoms with Crippen LogP contribution in [0.25, 0.3) is 5.76 Å². The summed E-state index contributed by atoms with van der Waals surface area (Å²) in [6, 6.07) is 10.0. The first-order chi connectivity index (χ1) is 15.7. The number of hydrogen-bond donors (Lipinski definition) is 1. The lowest BCUT2D eigenvalue weighted by Gasteiger charge is -2.22. The van der Waals surface area contributed by atoms with E-state index < -0.39 is 28.4 Å². The summed E-state index contributed by atoms with van der Waals surface area (Å²) in [5.74, 6) is -1.54. The predicted molar refractivity (Wildman–Crippen MR) is 117 cm³/mol. The van der Waals surface area contributed by atoms with Crippen molar-refractivity contribution in [2.24, 2.45) is 0 Å². The Kier molecular flexibility index (Phi) is 5.60. The number of aryl methyl sites for hydroxylation is 1. The predicted octanol–water partition coefficient (Wildman–Crippen LogP) is 4.18. The summed E-state index contributed by atoms with van der Waals surface area (Å²) in [5.41, 5.74) is 0.134. The van der Waals surface area contributed by atoms with Crippen LogP contribution in [0.15, 0.2) is 58.6 Å². The van der Waals surface area contributed by atoms with Crippen LogP contribution in [0.5, 0.6) is 5.75 Å². The molecule has 1 fully saturated rings. The van der Waals surface area contributed by atoms with Crippen LogP contribution in [-0.2, 0) is 9.59 Å². The summed E-state index contributed by atoms with van der Waals surface area (Å²) in [6.45, 7) is 1.62. The number of ketones is 1. The zero-order chi connectivity index (χ0) is 23.9. The molecule has 0 radical (unpaired) electrons. The Hall–Kier alpha value is -4.18. The van der Waals surface area contributed by atoms with Gasteiger partial charge in [0.05, 0.1) is 28.7 Å². The minimum absolute atomic E-state index is 0.0600. The minimum Gasteiger partial charge on any atom is -0.507 e. The van der Waals surface area contributed by atoms with Gasteiger partial charge in [0.2, 0.25) is 0 Å². The highest BCUT2D eigenvalue weighted by atomic mass is 35.5. The molecule has 1 atom stereocenters. The molecule has 10 nitrogen and oxygen atoms in total. The number of non-ortho nitro benzene ring substituents is 1. The Balaban J connectivity index is 1.92. The standard InChI is InChI=1S/C22H16ClN3O7/c1-11-9-17(24-33-11)25-19(12-3-6-14(7-4-12)26(30)31)18(21(28)22(25)29)20(27)13-5-8-16(32-2)15(23)10-13/h3-10,19,27H,1-2H3/b20-18+/t19-/m0/s1. The second-order valence-electron chi connectivity index (χ2n) is 7.16. The molecule has 33 heavy (non-hydrogen) atoms. The molecular formula is C22H16ClN3O7. The summed E-state index contributed by atoms with van der Waals surface area (Å²) >= 11 is 6.17. The lowest BCUT2D eigenvalue weighted by molar-refractivity contribution is -0.384. The molecule has 168 valence electrons. The molecule has 2 aromatic carbocycles. The fourth-order valence-electron chi connectivity index (χ4n) is 3.60. The fourth-order valence-corrected chi connectivity index (χ4v) is 3.86. The lowest BCUT2D eigenvalue weighted by Crippen LogP contribution is -2.29. The van der Waals surface area contributed by atoms with Crippen LogP contribution in [0.4, 0.5) is 11.5 Å². The number of carbonyl (C=O) groups excluding carboxylic acids is 2. The number of methoxy groups -OCH3 is 1. The third-order valence-electron chi connectivity index (χ3n) is 5.15. The molecule has 0 spiro atoms. The van der Waals surface area contributed by atoms with Gasteiger partial charge in [0.1, 0.15) is 17.3 Å². The molecule has 0 saturated carbocycles. The number of benzene rings is 2. The first-order valence-corrected chi connectivity index (χ1v) is 9.93. The van der Waals surface area contributed by atoms with Crippen molar-refractivity contribution < 1.29 is 28.9 Å². The Morgan fingerprint density at radius 3 is 2.45 bits per heavy atom. The molecule has 3 aromatic rings. The van der Waals surface area contributed by atoms with Gasteiger partial charge in [-0.2, -0.15) is 0 Å². The van der Waals surface area contributed by atoms with Crippen LogP contribution in [0.2, 0.25) is 5.02 Å². The summed E-state index contributed by atoms with van der Waals surface area (Å²) in [4.78, 5) is 37.6. The van der Waals surface area contributed by atoms with Gasteiger partial charge in [0.15, 0.2) is 5.82 Å². The maximum absolute atomic E-state index is 13.0. The lowest BCUT2D eigenvalue weighted by atomic mass is 9.95. The van der Waals surface area contributed by atoms with Crippen molar-refractivity contribution >= 4 is 40.6 Å². The molecule has 1 aliphatic rings. The number of nitro groups is 1. The normalized spacial score (nSPS) is 17.4. The van der Waals surface area contributed by atoms with Crippen molar-refractivity contribution in [2.75, 3.05) is 12.0 Å². The van der Waals surface area contributed by atoms with Gasteiger partial charge in [-0.05, 0) is 42.8 Å². The Labute approximate surface area is 191 Å². The molecule has 4 rings (SSSR count). The van der Waals surface area contributed by atoms with Gasteiger partial charge in [-0.15, -0.1) is 0 Å². The van der Waals surface area contributed by atoms with E-state index in [-0.39, 0.29) is 27.7 Å². The average Bonchev–Trinajstić information content (AvgIpc) is 3.34. The van der Waals surface area contributed by atoms with E-state index in [4.69, 9.17) is 20.9 Å². The third-order valence-corrected chi connectivity index (χ3v) is 5.45. The molecular weight excluding hydrogens is 454 g/mol. The summed E-state index contributed by atoms with van der Waals surface area (Å²) in [6.07, 6.45) is 0. The largest absolute Gasteiger partial charge is 0.507 e. The molecule has 1 saturated heterocycles. The van der Waals surface area contributed by atoms with E-state index in [1.54, 1.807) is 6.92 Å². The van der Waals surface area contributed by atoms with Crippen LogP contribution in [0.1, 0.15) is 22.9 Å². The topological polar surface area (TPSA) is 136 Å². The highest BCUT2D eigenvalue weighted by Crippen LogP contribution is 2.42. The number of nitro benzene ring substituents is 1. The number of ether oxygens (including phenoxy) is 1. The van der Waals surface area contributed by atoms with Gasteiger partial charge in [0.25, 0.3) is 11.5 Å². The summed E-state index contributed by atoms with van der Waals surface area (Å²) in [5, 5.41) is 26.2. The van der Waals surface area contributed by atoms with Crippen LogP contribution in [0.3, 0.4) is 0 Å². The Bertz CT molecular complexity index is 1310. The van der Waals surface area contributed by atoms with Gasteiger partial charge in [-0.3, -0.25) is 24.6 Å². The second kappa shape index (κ2) is 8.40. The number of amides is 1. The molecule has 0 unspecified atom stereocenters. The van der Waals surface area contributed by atoms with Gasteiger partial charge < -0.3 is 14.4 Å². The highest BCUT2D eigenvalue weighted by Gasteiger charge is 2.48. The summed E-state index contributed by atoms with van der Waals surface area (Å²) in [7, 11) is 1.43. The number of rotatable bonds is 5. The number of aliphatic hydroxyl groups is 1. The molecule has 0 aliphatic carbocycles. The molecule has 1 N–H and O–H groups in total. The first-order valence-electron chi connectivity index (χ1n) is 9.55. The van der Waals surface area contributed by atoms with E-state index in [1.807, 2.05) is 0 Å². The molecule has 1 amide bonds. The number of aromatic nitrogens is 1. The van der Waals surface area contributed by atoms with E-state index in [9.17, 15) is 24.8 Å². The second-order valence-corrected chi connectivity index (χ2v) is 7.57. The number of carbonyl (C=O) groups is 2. The first kappa shape index (κ1) is 22.0. The van der Waals surface area contributed by atoms with Crippen molar-refractivity contribution in [2.45, 2.75) is 13.0 Å². The molecule has 0 bridgehead atoms. The summed E-state index contributed by atoms with van der Waals surface area (Å²) < 4.78 is 10.2. The monoisotopic (exact) mass is 469 g/mol.